The maximum Gasteiger partial charge on any atom is 0.238 e. The highest BCUT2D eigenvalue weighted by molar-refractivity contribution is 7.89. The lowest BCUT2D eigenvalue weighted by atomic mass is 9.95. The Labute approximate surface area is 105 Å². The lowest BCUT2D eigenvalue weighted by Gasteiger charge is -2.18. The standard InChI is InChI=1S/C11H15FN2O3S/c1-11(2,3)10(15)14-9-6-7(18(13,16)17)4-5-8(9)12/h4-6H,1-3H3,(H,14,15)(H2,13,16,17). The summed E-state index contributed by atoms with van der Waals surface area (Å²) in [5.41, 5.74) is -0.925. The van der Waals surface area contributed by atoms with Crippen LogP contribution in [-0.4, -0.2) is 14.3 Å². The topological polar surface area (TPSA) is 89.3 Å². The molecular weight excluding hydrogens is 259 g/mol. The summed E-state index contributed by atoms with van der Waals surface area (Å²) in [6.45, 7) is 4.97. The summed E-state index contributed by atoms with van der Waals surface area (Å²) in [5.74, 6) is -1.15. The summed E-state index contributed by atoms with van der Waals surface area (Å²) in [6.07, 6.45) is 0. The molecule has 1 rings (SSSR count). The van der Waals surface area contributed by atoms with E-state index < -0.39 is 27.2 Å². The molecule has 1 aromatic rings. The third-order valence-electron chi connectivity index (χ3n) is 2.20. The van der Waals surface area contributed by atoms with E-state index in [-0.39, 0.29) is 10.6 Å². The van der Waals surface area contributed by atoms with Crippen LogP contribution in [0.4, 0.5) is 10.1 Å². The minimum atomic E-state index is -3.93. The van der Waals surface area contributed by atoms with E-state index >= 15 is 0 Å². The first-order valence-corrected chi connectivity index (χ1v) is 6.70. The fraction of sp³-hybridized carbons (Fsp3) is 0.364. The largest absolute Gasteiger partial charge is 0.323 e. The molecule has 0 fully saturated rings. The zero-order chi connectivity index (χ0) is 14.1. The van der Waals surface area contributed by atoms with Crippen LogP contribution in [0.5, 0.6) is 0 Å². The van der Waals surface area contributed by atoms with Gasteiger partial charge >= 0.3 is 0 Å². The summed E-state index contributed by atoms with van der Waals surface area (Å²) >= 11 is 0. The Bertz CT molecular complexity index is 576. The lowest BCUT2D eigenvalue weighted by molar-refractivity contribution is -0.123. The number of primary sulfonamides is 1. The molecule has 0 bridgehead atoms. The van der Waals surface area contributed by atoms with Crippen LogP contribution >= 0.6 is 0 Å². The van der Waals surface area contributed by atoms with Crippen molar-refractivity contribution >= 4 is 21.6 Å². The number of hydrogen-bond acceptors (Lipinski definition) is 3. The van der Waals surface area contributed by atoms with Gasteiger partial charge in [0.2, 0.25) is 15.9 Å². The zero-order valence-electron chi connectivity index (χ0n) is 10.3. The van der Waals surface area contributed by atoms with Crippen LogP contribution in [0, 0.1) is 11.2 Å². The number of anilines is 1. The molecule has 0 spiro atoms. The Morgan fingerprint density at radius 2 is 1.89 bits per heavy atom. The normalized spacial score (nSPS) is 12.3. The molecule has 1 aromatic carbocycles. The van der Waals surface area contributed by atoms with Gasteiger partial charge in [0.1, 0.15) is 5.82 Å². The van der Waals surface area contributed by atoms with Gasteiger partial charge in [-0.25, -0.2) is 17.9 Å². The number of carbonyl (C=O) groups excluding carboxylic acids is 1. The third-order valence-corrected chi connectivity index (χ3v) is 3.11. The van der Waals surface area contributed by atoms with Crippen molar-refractivity contribution in [1.29, 1.82) is 0 Å². The number of sulfonamides is 1. The van der Waals surface area contributed by atoms with Gasteiger partial charge in [0, 0.05) is 5.41 Å². The number of carbonyl (C=O) groups is 1. The maximum absolute atomic E-state index is 13.5. The monoisotopic (exact) mass is 274 g/mol. The predicted octanol–water partition coefficient (Wildman–Crippen LogP) is 1.46. The van der Waals surface area contributed by atoms with Crippen LogP contribution in [0.3, 0.4) is 0 Å². The Kier molecular flexibility index (Phi) is 3.78. The molecule has 3 N–H and O–H groups in total. The first-order chi connectivity index (χ1) is 8.01. The second-order valence-electron chi connectivity index (χ2n) is 4.89. The van der Waals surface area contributed by atoms with Crippen molar-refractivity contribution in [3.63, 3.8) is 0 Å². The van der Waals surface area contributed by atoms with Gasteiger partial charge in [-0.05, 0) is 18.2 Å². The van der Waals surface area contributed by atoms with E-state index in [0.717, 1.165) is 18.2 Å². The van der Waals surface area contributed by atoms with Gasteiger partial charge in [0.15, 0.2) is 0 Å². The summed E-state index contributed by atoms with van der Waals surface area (Å²) in [4.78, 5) is 11.4. The summed E-state index contributed by atoms with van der Waals surface area (Å²) < 4.78 is 35.7. The molecular formula is C11H15FN2O3S. The van der Waals surface area contributed by atoms with Crippen LogP contribution in [0.2, 0.25) is 0 Å². The minimum Gasteiger partial charge on any atom is -0.323 e. The number of nitrogens with two attached hydrogens (primary N) is 1. The fourth-order valence-corrected chi connectivity index (χ4v) is 1.63. The average molecular weight is 274 g/mol. The molecule has 1 amide bonds. The van der Waals surface area contributed by atoms with Gasteiger partial charge in [-0.15, -0.1) is 0 Å². The van der Waals surface area contributed by atoms with Crippen molar-refractivity contribution in [2.24, 2.45) is 10.6 Å². The van der Waals surface area contributed by atoms with E-state index in [2.05, 4.69) is 5.32 Å². The molecule has 0 radical (unpaired) electrons. The van der Waals surface area contributed by atoms with Crippen molar-refractivity contribution in [3.8, 4) is 0 Å². The number of nitrogens with one attached hydrogen (secondary N) is 1. The smallest absolute Gasteiger partial charge is 0.238 e. The van der Waals surface area contributed by atoms with Gasteiger partial charge in [0.25, 0.3) is 0 Å². The molecule has 100 valence electrons. The molecule has 0 aliphatic heterocycles. The highest BCUT2D eigenvalue weighted by Gasteiger charge is 2.23. The number of hydrogen-bond donors (Lipinski definition) is 2. The predicted molar refractivity (Wildman–Crippen MR) is 65.9 cm³/mol. The molecule has 18 heavy (non-hydrogen) atoms. The van der Waals surface area contributed by atoms with E-state index in [1.54, 1.807) is 20.8 Å². The molecule has 0 atom stereocenters. The van der Waals surface area contributed by atoms with Crippen LogP contribution in [-0.2, 0) is 14.8 Å². The first-order valence-electron chi connectivity index (χ1n) is 5.15. The Morgan fingerprint density at radius 3 is 2.33 bits per heavy atom. The van der Waals surface area contributed by atoms with E-state index in [1.165, 1.54) is 0 Å². The number of benzene rings is 1. The van der Waals surface area contributed by atoms with Gasteiger partial charge < -0.3 is 5.32 Å². The molecule has 0 unspecified atom stereocenters. The summed E-state index contributed by atoms with van der Waals surface area (Å²) in [5, 5.41) is 7.26. The summed E-state index contributed by atoms with van der Waals surface area (Å²) in [7, 11) is -3.93. The summed E-state index contributed by atoms with van der Waals surface area (Å²) in [6, 6.07) is 2.98. The van der Waals surface area contributed by atoms with E-state index in [9.17, 15) is 17.6 Å². The Hall–Kier alpha value is -1.47. The van der Waals surface area contributed by atoms with Crippen molar-refractivity contribution in [2.45, 2.75) is 25.7 Å². The third kappa shape index (κ3) is 3.51. The SMILES string of the molecule is CC(C)(C)C(=O)Nc1cc(S(N)(=O)=O)ccc1F. The quantitative estimate of drug-likeness (QED) is 0.855. The maximum atomic E-state index is 13.5. The lowest BCUT2D eigenvalue weighted by Crippen LogP contribution is -2.28. The Balaban J connectivity index is 3.14. The first kappa shape index (κ1) is 14.6. The average Bonchev–Trinajstić information content (AvgIpc) is 2.18. The molecule has 0 aromatic heterocycles. The second-order valence-corrected chi connectivity index (χ2v) is 6.45. The minimum absolute atomic E-state index is 0.207. The van der Waals surface area contributed by atoms with Crippen LogP contribution in [0.15, 0.2) is 23.1 Å². The molecule has 0 saturated heterocycles. The molecule has 0 saturated carbocycles. The van der Waals surface area contributed by atoms with Crippen LogP contribution in [0.25, 0.3) is 0 Å². The molecule has 0 heterocycles. The van der Waals surface area contributed by atoms with Crippen molar-refractivity contribution in [2.75, 3.05) is 5.32 Å². The van der Waals surface area contributed by atoms with Crippen LogP contribution in [0.1, 0.15) is 20.8 Å². The zero-order valence-corrected chi connectivity index (χ0v) is 11.1. The van der Waals surface area contributed by atoms with Crippen molar-refractivity contribution in [1.82, 2.24) is 0 Å². The highest BCUT2D eigenvalue weighted by atomic mass is 32.2. The molecule has 7 heteroatoms. The second kappa shape index (κ2) is 4.66. The number of rotatable bonds is 2. The number of halogens is 1. The van der Waals surface area contributed by atoms with Crippen LogP contribution < -0.4 is 10.5 Å². The van der Waals surface area contributed by atoms with Crippen molar-refractivity contribution < 1.29 is 17.6 Å². The fourth-order valence-electron chi connectivity index (χ4n) is 1.09. The van der Waals surface area contributed by atoms with Gasteiger partial charge in [0.05, 0.1) is 10.6 Å². The van der Waals surface area contributed by atoms with E-state index in [4.69, 9.17) is 5.14 Å². The highest BCUT2D eigenvalue weighted by Crippen LogP contribution is 2.22. The van der Waals surface area contributed by atoms with E-state index in [1.807, 2.05) is 0 Å². The van der Waals surface area contributed by atoms with Gasteiger partial charge in [-0.1, -0.05) is 20.8 Å². The molecule has 5 nitrogen and oxygen atoms in total. The van der Waals surface area contributed by atoms with Gasteiger partial charge in [-0.3, -0.25) is 4.79 Å². The molecule has 0 aliphatic carbocycles. The van der Waals surface area contributed by atoms with Gasteiger partial charge in [-0.2, -0.15) is 0 Å². The van der Waals surface area contributed by atoms with E-state index in [0.29, 0.717) is 0 Å². The number of amides is 1. The van der Waals surface area contributed by atoms with Crippen molar-refractivity contribution in [3.05, 3.63) is 24.0 Å². The molecule has 0 aliphatic rings. The Morgan fingerprint density at radius 1 is 1.33 bits per heavy atom.